The van der Waals surface area contributed by atoms with Crippen LogP contribution in [0.5, 0.6) is 0 Å². The van der Waals surface area contributed by atoms with Gasteiger partial charge in [-0.3, -0.25) is 10.1 Å². The summed E-state index contributed by atoms with van der Waals surface area (Å²) in [4.78, 5) is 12.0. The number of piperazine rings is 1. The van der Waals surface area contributed by atoms with Crippen LogP contribution in [0.4, 0.5) is 4.39 Å². The highest BCUT2D eigenvalue weighted by atomic mass is 19.1. The molecule has 3 rings (SSSR count). The summed E-state index contributed by atoms with van der Waals surface area (Å²) in [5.41, 5.74) is 1.96. The Labute approximate surface area is 123 Å². The summed E-state index contributed by atoms with van der Waals surface area (Å²) < 4.78 is 13.2. The summed E-state index contributed by atoms with van der Waals surface area (Å²) in [7, 11) is 0. The Bertz CT molecular complexity index is 630. The van der Waals surface area contributed by atoms with Crippen molar-refractivity contribution in [1.82, 2.24) is 10.6 Å². The number of halogens is 1. The van der Waals surface area contributed by atoms with Gasteiger partial charge in [0.15, 0.2) is 0 Å². The summed E-state index contributed by atoms with van der Waals surface area (Å²) in [5.74, 6) is -0.310. The number of hydrogen-bond donors (Lipinski definition) is 2. The summed E-state index contributed by atoms with van der Waals surface area (Å²) >= 11 is 0. The van der Waals surface area contributed by atoms with Gasteiger partial charge in [0.2, 0.25) is 5.91 Å². The zero-order valence-corrected chi connectivity index (χ0v) is 11.6. The van der Waals surface area contributed by atoms with Gasteiger partial charge in [-0.05, 0) is 29.7 Å². The molecule has 0 saturated carbocycles. The molecule has 0 spiro atoms. The molecule has 1 amide bonds. The van der Waals surface area contributed by atoms with Crippen LogP contribution >= 0.6 is 0 Å². The van der Waals surface area contributed by atoms with Gasteiger partial charge in [0.05, 0.1) is 12.1 Å². The van der Waals surface area contributed by atoms with Crippen molar-refractivity contribution in [1.29, 1.82) is 0 Å². The lowest BCUT2D eigenvalue weighted by Crippen LogP contribution is -2.55. The van der Waals surface area contributed by atoms with Crippen LogP contribution in [0, 0.1) is 5.82 Å². The zero-order valence-electron chi connectivity index (χ0n) is 11.6. The Morgan fingerprint density at radius 1 is 1.10 bits per heavy atom. The SMILES string of the molecule is O=C1NC[C@@H](c2ccccc2)N[C@@H]1Cc1cccc(F)c1. The van der Waals surface area contributed by atoms with Crippen LogP contribution in [0.3, 0.4) is 0 Å². The second-order valence-electron chi connectivity index (χ2n) is 5.26. The molecular weight excluding hydrogens is 267 g/mol. The first-order chi connectivity index (χ1) is 10.2. The third kappa shape index (κ3) is 3.28. The van der Waals surface area contributed by atoms with Crippen LogP contribution in [0.2, 0.25) is 0 Å². The third-order valence-corrected chi connectivity index (χ3v) is 3.73. The normalized spacial score (nSPS) is 21.9. The molecule has 0 aromatic heterocycles. The summed E-state index contributed by atoms with van der Waals surface area (Å²) in [5, 5.41) is 6.27. The van der Waals surface area contributed by atoms with E-state index in [1.165, 1.54) is 12.1 Å². The highest BCUT2D eigenvalue weighted by Crippen LogP contribution is 2.17. The van der Waals surface area contributed by atoms with Crippen LogP contribution < -0.4 is 10.6 Å². The standard InChI is InChI=1S/C17H17FN2O/c18-14-8-4-5-12(9-14)10-15-17(21)19-11-16(20-15)13-6-2-1-3-7-13/h1-9,15-16,20H,10-11H2,(H,19,21)/t15-,16+/m1/s1. The fraction of sp³-hybridized carbons (Fsp3) is 0.235. The Kier molecular flexibility index (Phi) is 3.97. The maximum Gasteiger partial charge on any atom is 0.237 e. The Balaban J connectivity index is 1.73. The van der Waals surface area contributed by atoms with Gasteiger partial charge in [-0.2, -0.15) is 0 Å². The largest absolute Gasteiger partial charge is 0.353 e. The molecule has 1 saturated heterocycles. The van der Waals surface area contributed by atoms with Crippen molar-refractivity contribution in [2.45, 2.75) is 18.5 Å². The maximum absolute atomic E-state index is 13.2. The van der Waals surface area contributed by atoms with Crippen LogP contribution in [0.1, 0.15) is 17.2 Å². The van der Waals surface area contributed by atoms with Gasteiger partial charge in [0, 0.05) is 6.54 Å². The number of nitrogens with one attached hydrogen (secondary N) is 2. The smallest absolute Gasteiger partial charge is 0.237 e. The van der Waals surface area contributed by atoms with Crippen molar-refractivity contribution in [2.24, 2.45) is 0 Å². The van der Waals surface area contributed by atoms with E-state index in [4.69, 9.17) is 0 Å². The molecule has 3 nitrogen and oxygen atoms in total. The second-order valence-corrected chi connectivity index (χ2v) is 5.26. The molecule has 0 unspecified atom stereocenters. The predicted octanol–water partition coefficient (Wildman–Crippen LogP) is 2.20. The van der Waals surface area contributed by atoms with E-state index in [1.54, 1.807) is 6.07 Å². The summed E-state index contributed by atoms with van der Waals surface area (Å²) in [6.07, 6.45) is 0.479. The molecule has 21 heavy (non-hydrogen) atoms. The zero-order chi connectivity index (χ0) is 14.7. The topological polar surface area (TPSA) is 41.1 Å². The van der Waals surface area contributed by atoms with Crippen molar-refractivity contribution in [2.75, 3.05) is 6.54 Å². The number of benzene rings is 2. The lowest BCUT2D eigenvalue weighted by molar-refractivity contribution is -0.125. The molecule has 2 atom stereocenters. The first-order valence-electron chi connectivity index (χ1n) is 7.05. The number of carbonyl (C=O) groups excluding carboxylic acids is 1. The predicted molar refractivity (Wildman–Crippen MR) is 79.2 cm³/mol. The minimum absolute atomic E-state index is 0.0357. The van der Waals surface area contributed by atoms with E-state index in [1.807, 2.05) is 36.4 Å². The lowest BCUT2D eigenvalue weighted by atomic mass is 9.98. The molecule has 0 radical (unpaired) electrons. The fourth-order valence-corrected chi connectivity index (χ4v) is 2.65. The van der Waals surface area contributed by atoms with E-state index in [-0.39, 0.29) is 23.8 Å². The van der Waals surface area contributed by atoms with Gasteiger partial charge in [-0.15, -0.1) is 0 Å². The molecular formula is C17H17FN2O. The average molecular weight is 284 g/mol. The third-order valence-electron chi connectivity index (χ3n) is 3.73. The van der Waals surface area contributed by atoms with Crippen molar-refractivity contribution < 1.29 is 9.18 Å². The molecule has 1 aliphatic heterocycles. The van der Waals surface area contributed by atoms with Crippen LogP contribution in [0.15, 0.2) is 54.6 Å². The van der Waals surface area contributed by atoms with Crippen LogP contribution in [0.25, 0.3) is 0 Å². The number of rotatable bonds is 3. The average Bonchev–Trinajstić information content (AvgIpc) is 2.50. The first kappa shape index (κ1) is 13.8. The highest BCUT2D eigenvalue weighted by Gasteiger charge is 2.28. The molecule has 0 aliphatic carbocycles. The minimum atomic E-state index is -0.342. The van der Waals surface area contributed by atoms with Crippen molar-refractivity contribution in [3.8, 4) is 0 Å². The number of hydrogen-bond acceptors (Lipinski definition) is 2. The Morgan fingerprint density at radius 3 is 2.67 bits per heavy atom. The van der Waals surface area contributed by atoms with Crippen LogP contribution in [-0.2, 0) is 11.2 Å². The molecule has 1 aliphatic rings. The summed E-state index contributed by atoms with van der Waals surface area (Å²) in [6, 6.07) is 16.1. The quantitative estimate of drug-likeness (QED) is 0.907. The van der Waals surface area contributed by atoms with Crippen molar-refractivity contribution >= 4 is 5.91 Å². The van der Waals surface area contributed by atoms with E-state index < -0.39 is 0 Å². The van der Waals surface area contributed by atoms with E-state index >= 15 is 0 Å². The Morgan fingerprint density at radius 2 is 1.90 bits per heavy atom. The maximum atomic E-state index is 13.2. The lowest BCUT2D eigenvalue weighted by Gasteiger charge is -2.31. The molecule has 2 aromatic rings. The van der Waals surface area contributed by atoms with Gasteiger partial charge in [0.1, 0.15) is 5.82 Å². The molecule has 1 heterocycles. The van der Waals surface area contributed by atoms with Gasteiger partial charge in [0.25, 0.3) is 0 Å². The second kappa shape index (κ2) is 6.06. The molecule has 4 heteroatoms. The van der Waals surface area contributed by atoms with Crippen molar-refractivity contribution in [3.05, 3.63) is 71.5 Å². The van der Waals surface area contributed by atoms with E-state index in [0.29, 0.717) is 13.0 Å². The fourth-order valence-electron chi connectivity index (χ4n) is 2.65. The molecule has 2 N–H and O–H groups in total. The van der Waals surface area contributed by atoms with Gasteiger partial charge in [-0.25, -0.2) is 4.39 Å². The van der Waals surface area contributed by atoms with Crippen molar-refractivity contribution in [3.63, 3.8) is 0 Å². The van der Waals surface area contributed by atoms with E-state index in [2.05, 4.69) is 10.6 Å². The molecule has 108 valence electrons. The van der Waals surface area contributed by atoms with Gasteiger partial charge >= 0.3 is 0 Å². The first-order valence-corrected chi connectivity index (χ1v) is 7.05. The monoisotopic (exact) mass is 284 g/mol. The highest BCUT2D eigenvalue weighted by molar-refractivity contribution is 5.83. The minimum Gasteiger partial charge on any atom is -0.353 e. The molecule has 0 bridgehead atoms. The van der Waals surface area contributed by atoms with Crippen LogP contribution in [-0.4, -0.2) is 18.5 Å². The summed E-state index contributed by atoms with van der Waals surface area (Å²) in [6.45, 7) is 0.572. The van der Waals surface area contributed by atoms with Gasteiger partial charge < -0.3 is 5.32 Å². The van der Waals surface area contributed by atoms with Gasteiger partial charge in [-0.1, -0.05) is 42.5 Å². The Hall–Kier alpha value is -2.20. The molecule has 2 aromatic carbocycles. The van der Waals surface area contributed by atoms with E-state index in [0.717, 1.165) is 11.1 Å². The number of carbonyl (C=O) groups is 1. The molecule has 1 fully saturated rings. The number of amides is 1. The van der Waals surface area contributed by atoms with E-state index in [9.17, 15) is 9.18 Å².